The lowest BCUT2D eigenvalue weighted by Gasteiger charge is -2.42. The Morgan fingerprint density at radius 2 is 1.32 bits per heavy atom. The van der Waals surface area contributed by atoms with Crippen molar-refractivity contribution in [2.24, 2.45) is 0 Å². The van der Waals surface area contributed by atoms with Crippen LogP contribution in [0.25, 0.3) is 0 Å². The monoisotopic (exact) mass is 427 g/mol. The predicted molar refractivity (Wildman–Crippen MR) is 128 cm³/mol. The molecule has 0 saturated heterocycles. The largest absolute Gasteiger partial charge is 0.547 e. The van der Waals surface area contributed by atoms with Crippen molar-refractivity contribution in [3.8, 4) is 0 Å². The third kappa shape index (κ3) is 4.97. The topological polar surface area (TPSA) is 29.5 Å². The van der Waals surface area contributed by atoms with E-state index >= 15 is 0 Å². The number of benzene rings is 3. The van der Waals surface area contributed by atoms with Gasteiger partial charge in [0.15, 0.2) is 0 Å². The standard InChI is InChI=1S/C27H29NO2Si/c1-31(2,3)30-24-19-25(21-13-7-4-8-14-21)28(27(29)23-17-11-6-12-18-23)26(20-24)22-15-9-5-10-16-22/h4-19,25-26H,20H2,1-3H3/t25-,26-/m1/s1. The van der Waals surface area contributed by atoms with Gasteiger partial charge in [-0.1, -0.05) is 78.9 Å². The van der Waals surface area contributed by atoms with Crippen molar-refractivity contribution < 1.29 is 9.22 Å². The zero-order valence-electron chi connectivity index (χ0n) is 18.4. The molecule has 1 aliphatic heterocycles. The first-order valence-corrected chi connectivity index (χ1v) is 14.2. The molecular weight excluding hydrogens is 398 g/mol. The SMILES string of the molecule is C[Si](C)(C)OC1=C[C@H](c2ccccc2)N(C(=O)c2ccccc2)[C@@H](c2ccccc2)C1. The van der Waals surface area contributed by atoms with E-state index in [9.17, 15) is 4.79 Å². The van der Waals surface area contributed by atoms with Crippen molar-refractivity contribution in [3.05, 3.63) is 120 Å². The van der Waals surface area contributed by atoms with E-state index in [1.165, 1.54) is 0 Å². The van der Waals surface area contributed by atoms with Gasteiger partial charge in [0, 0.05) is 12.0 Å². The summed E-state index contributed by atoms with van der Waals surface area (Å²) in [7, 11) is -1.79. The van der Waals surface area contributed by atoms with Crippen molar-refractivity contribution in [3.63, 3.8) is 0 Å². The van der Waals surface area contributed by atoms with Crippen LogP contribution in [-0.2, 0) is 4.43 Å². The van der Waals surface area contributed by atoms with Crippen LogP contribution in [0.2, 0.25) is 19.6 Å². The first kappa shape index (κ1) is 21.1. The fourth-order valence-electron chi connectivity index (χ4n) is 4.13. The number of hydrogen-bond acceptors (Lipinski definition) is 2. The fraction of sp³-hybridized carbons (Fsp3) is 0.222. The minimum absolute atomic E-state index is 0.0339. The molecule has 0 radical (unpaired) electrons. The first-order chi connectivity index (χ1) is 14.9. The lowest BCUT2D eigenvalue weighted by Crippen LogP contribution is -2.41. The van der Waals surface area contributed by atoms with Crippen LogP contribution in [0.1, 0.15) is 40.0 Å². The zero-order chi connectivity index (χ0) is 21.8. The summed E-state index contributed by atoms with van der Waals surface area (Å²) in [6.07, 6.45) is 2.82. The molecule has 2 atom stereocenters. The Labute approximate surface area is 186 Å². The third-order valence-electron chi connectivity index (χ3n) is 5.39. The summed E-state index contributed by atoms with van der Waals surface area (Å²) in [5.41, 5.74) is 2.91. The van der Waals surface area contributed by atoms with Gasteiger partial charge < -0.3 is 9.33 Å². The summed E-state index contributed by atoms with van der Waals surface area (Å²) in [5.74, 6) is 1.02. The van der Waals surface area contributed by atoms with Crippen molar-refractivity contribution in [1.29, 1.82) is 0 Å². The molecule has 0 spiro atoms. The van der Waals surface area contributed by atoms with E-state index in [1.807, 2.05) is 71.6 Å². The van der Waals surface area contributed by atoms with Crippen LogP contribution in [0.4, 0.5) is 0 Å². The molecule has 158 valence electrons. The van der Waals surface area contributed by atoms with Gasteiger partial charge in [0.2, 0.25) is 8.32 Å². The molecule has 3 nitrogen and oxygen atoms in total. The normalized spacial score (nSPS) is 18.9. The van der Waals surface area contributed by atoms with Gasteiger partial charge in [0.1, 0.15) is 0 Å². The van der Waals surface area contributed by atoms with Gasteiger partial charge in [-0.3, -0.25) is 4.79 Å². The molecule has 1 amide bonds. The predicted octanol–water partition coefficient (Wildman–Crippen LogP) is 6.75. The molecule has 0 aromatic heterocycles. The molecule has 0 aliphatic carbocycles. The van der Waals surface area contributed by atoms with Crippen LogP contribution >= 0.6 is 0 Å². The Morgan fingerprint density at radius 3 is 1.87 bits per heavy atom. The van der Waals surface area contributed by atoms with E-state index in [0.717, 1.165) is 16.9 Å². The Morgan fingerprint density at radius 1 is 0.806 bits per heavy atom. The van der Waals surface area contributed by atoms with Crippen LogP contribution < -0.4 is 0 Å². The van der Waals surface area contributed by atoms with Crippen molar-refractivity contribution in [2.75, 3.05) is 0 Å². The van der Waals surface area contributed by atoms with Gasteiger partial charge in [-0.2, -0.15) is 0 Å². The Hall–Kier alpha value is -3.11. The minimum atomic E-state index is -1.79. The number of hydrogen-bond donors (Lipinski definition) is 0. The lowest BCUT2D eigenvalue weighted by molar-refractivity contribution is 0.0567. The highest BCUT2D eigenvalue weighted by molar-refractivity contribution is 6.70. The number of amides is 1. The highest BCUT2D eigenvalue weighted by Crippen LogP contribution is 2.42. The van der Waals surface area contributed by atoms with Crippen molar-refractivity contribution in [2.45, 2.75) is 38.1 Å². The van der Waals surface area contributed by atoms with E-state index in [-0.39, 0.29) is 18.0 Å². The molecule has 0 N–H and O–H groups in total. The Bertz CT molecular complexity index is 1040. The van der Waals surface area contributed by atoms with Gasteiger partial charge in [-0.25, -0.2) is 0 Å². The van der Waals surface area contributed by atoms with E-state index < -0.39 is 8.32 Å². The molecule has 0 saturated carbocycles. The summed E-state index contributed by atoms with van der Waals surface area (Å²) < 4.78 is 6.48. The second kappa shape index (κ2) is 8.94. The molecule has 0 unspecified atom stereocenters. The van der Waals surface area contributed by atoms with Crippen LogP contribution in [-0.4, -0.2) is 19.1 Å². The van der Waals surface area contributed by atoms with Crippen molar-refractivity contribution >= 4 is 14.2 Å². The number of carbonyl (C=O) groups is 1. The Kier molecular flexibility index (Phi) is 6.10. The van der Waals surface area contributed by atoms with Crippen LogP contribution in [0.15, 0.2) is 103 Å². The van der Waals surface area contributed by atoms with Crippen LogP contribution in [0.3, 0.4) is 0 Å². The second-order valence-corrected chi connectivity index (χ2v) is 13.3. The number of carbonyl (C=O) groups excluding carboxylic acids is 1. The molecule has 4 heteroatoms. The maximum Gasteiger partial charge on any atom is 0.255 e. The summed E-state index contributed by atoms with van der Waals surface area (Å²) in [6, 6.07) is 29.8. The van der Waals surface area contributed by atoms with Crippen LogP contribution in [0.5, 0.6) is 0 Å². The van der Waals surface area contributed by atoms with E-state index in [0.29, 0.717) is 12.0 Å². The van der Waals surface area contributed by atoms with E-state index in [4.69, 9.17) is 4.43 Å². The molecule has 31 heavy (non-hydrogen) atoms. The molecule has 3 aromatic rings. The summed E-state index contributed by atoms with van der Waals surface area (Å²) in [6.45, 7) is 6.60. The van der Waals surface area contributed by atoms with Gasteiger partial charge in [-0.05, 0) is 49.0 Å². The molecule has 1 aliphatic rings. The number of nitrogens with zero attached hydrogens (tertiary/aromatic N) is 1. The third-order valence-corrected chi connectivity index (χ3v) is 6.27. The fourth-order valence-corrected chi connectivity index (χ4v) is 5.07. The quantitative estimate of drug-likeness (QED) is 0.421. The zero-order valence-corrected chi connectivity index (χ0v) is 19.4. The maximum atomic E-state index is 13.8. The van der Waals surface area contributed by atoms with Crippen LogP contribution in [0, 0.1) is 0 Å². The van der Waals surface area contributed by atoms with E-state index in [2.05, 4.69) is 50.0 Å². The van der Waals surface area contributed by atoms with Gasteiger partial charge in [0.25, 0.3) is 5.91 Å². The molecular formula is C27H29NO2Si. The summed E-state index contributed by atoms with van der Waals surface area (Å²) in [5, 5.41) is 0. The molecule has 0 bridgehead atoms. The average molecular weight is 428 g/mol. The lowest BCUT2D eigenvalue weighted by atomic mass is 9.90. The molecule has 1 heterocycles. The first-order valence-electron chi connectivity index (χ1n) is 10.8. The molecule has 3 aromatic carbocycles. The van der Waals surface area contributed by atoms with Crippen molar-refractivity contribution in [1.82, 2.24) is 4.90 Å². The average Bonchev–Trinajstić information content (AvgIpc) is 2.79. The van der Waals surface area contributed by atoms with Gasteiger partial charge in [-0.15, -0.1) is 0 Å². The summed E-state index contributed by atoms with van der Waals surface area (Å²) in [4.78, 5) is 15.8. The highest BCUT2D eigenvalue weighted by atomic mass is 28.4. The minimum Gasteiger partial charge on any atom is -0.547 e. The van der Waals surface area contributed by atoms with Gasteiger partial charge >= 0.3 is 0 Å². The Balaban J connectivity index is 1.85. The molecule has 0 fully saturated rings. The van der Waals surface area contributed by atoms with E-state index in [1.54, 1.807) is 0 Å². The van der Waals surface area contributed by atoms with Gasteiger partial charge in [0.05, 0.1) is 17.8 Å². The number of rotatable bonds is 5. The summed E-state index contributed by atoms with van der Waals surface area (Å²) >= 11 is 0. The smallest absolute Gasteiger partial charge is 0.255 e. The second-order valence-electron chi connectivity index (χ2n) is 8.91. The maximum absolute atomic E-state index is 13.8. The molecule has 4 rings (SSSR count). The highest BCUT2D eigenvalue weighted by Gasteiger charge is 2.38.